The highest BCUT2D eigenvalue weighted by Gasteiger charge is 2.52. The molecule has 1 aliphatic rings. The number of nitrogens with zero attached hydrogens (tertiary/aromatic N) is 4. The van der Waals surface area contributed by atoms with Gasteiger partial charge in [-0.15, -0.1) is 5.10 Å². The number of nitrogen functional groups attached to an aromatic ring is 1. The zero-order chi connectivity index (χ0) is 30.6. The van der Waals surface area contributed by atoms with E-state index < -0.39 is 17.4 Å². The second-order valence-corrected chi connectivity index (χ2v) is 11.0. The van der Waals surface area contributed by atoms with Crippen LogP contribution >= 0.6 is 11.6 Å². The van der Waals surface area contributed by atoms with Gasteiger partial charge in [0.1, 0.15) is 0 Å². The van der Waals surface area contributed by atoms with E-state index in [1.165, 1.54) is 0 Å². The van der Waals surface area contributed by atoms with Crippen molar-refractivity contribution in [3.05, 3.63) is 112 Å². The van der Waals surface area contributed by atoms with Crippen LogP contribution in [-0.4, -0.2) is 43.6 Å². The highest BCUT2D eigenvalue weighted by molar-refractivity contribution is 6.31. The molecule has 10 nitrogen and oxygen atoms in total. The first-order chi connectivity index (χ1) is 20.7. The Bertz CT molecular complexity index is 1650. The molecule has 3 aromatic carbocycles. The topological polar surface area (TPSA) is 147 Å². The number of anilines is 3. The van der Waals surface area contributed by atoms with Crippen molar-refractivity contribution in [1.29, 1.82) is 0 Å². The maximum absolute atomic E-state index is 13.9. The molecule has 11 heteroatoms. The predicted molar refractivity (Wildman–Crippen MR) is 166 cm³/mol. The third-order valence-corrected chi connectivity index (χ3v) is 7.73. The maximum Gasteiger partial charge on any atom is 0.264 e. The number of carbonyl (C=O) groups excluding carboxylic acids is 2. The summed E-state index contributed by atoms with van der Waals surface area (Å²) in [6.45, 7) is 2.55. The molecular weight excluding hydrogens is 568 g/mol. The fourth-order valence-corrected chi connectivity index (χ4v) is 5.34. The minimum absolute atomic E-state index is 0.0117. The zero-order valence-corrected chi connectivity index (χ0v) is 24.4. The number of hydrogen-bond acceptors (Lipinski definition) is 7. The molecule has 0 aliphatic carbocycles. The number of allylic oxidation sites excluding steroid dienone is 1. The minimum atomic E-state index is -1.82. The van der Waals surface area contributed by atoms with Crippen molar-refractivity contribution in [2.24, 2.45) is 5.92 Å². The Labute approximate surface area is 254 Å². The van der Waals surface area contributed by atoms with Gasteiger partial charge in [-0.05, 0) is 66.6 Å². The highest BCUT2D eigenvalue weighted by atomic mass is 35.5. The van der Waals surface area contributed by atoms with Crippen molar-refractivity contribution in [3.63, 3.8) is 0 Å². The lowest BCUT2D eigenvalue weighted by Gasteiger charge is -2.27. The second-order valence-electron chi connectivity index (χ2n) is 10.5. The van der Waals surface area contributed by atoms with E-state index in [1.54, 1.807) is 83.4 Å². The van der Waals surface area contributed by atoms with E-state index in [2.05, 4.69) is 15.6 Å². The lowest BCUT2D eigenvalue weighted by atomic mass is 9.83. The number of aromatic nitrogens is 3. The molecule has 5 rings (SSSR count). The summed E-state index contributed by atoms with van der Waals surface area (Å²) in [4.78, 5) is 28.2. The number of aliphatic hydroxyl groups is 2. The summed E-state index contributed by atoms with van der Waals surface area (Å²) in [7, 11) is 0. The van der Waals surface area contributed by atoms with Crippen LogP contribution in [0, 0.1) is 5.92 Å². The molecule has 2 heterocycles. The maximum atomic E-state index is 13.9. The van der Waals surface area contributed by atoms with Crippen molar-refractivity contribution in [1.82, 2.24) is 15.0 Å². The number of nitrogens with one attached hydrogen (secondary N) is 1. The number of nitrogens with two attached hydrogens (primary N) is 1. The molecule has 0 unspecified atom stereocenters. The monoisotopic (exact) mass is 600 g/mol. The van der Waals surface area contributed by atoms with Crippen molar-refractivity contribution in [3.8, 4) is 0 Å². The van der Waals surface area contributed by atoms with Crippen molar-refractivity contribution in [2.75, 3.05) is 22.6 Å². The number of carbonyl (C=O) groups is 2. The van der Waals surface area contributed by atoms with Gasteiger partial charge in [-0.2, -0.15) is 0 Å². The van der Waals surface area contributed by atoms with E-state index in [0.29, 0.717) is 58.3 Å². The van der Waals surface area contributed by atoms with Gasteiger partial charge in [0.2, 0.25) is 0 Å². The van der Waals surface area contributed by atoms with E-state index in [0.717, 1.165) is 5.56 Å². The number of amides is 2. The average molecular weight is 601 g/mol. The third-order valence-electron chi connectivity index (χ3n) is 7.49. The molecule has 5 N–H and O–H groups in total. The predicted octanol–water partition coefficient (Wildman–Crippen LogP) is 4.32. The molecule has 0 saturated carbocycles. The van der Waals surface area contributed by atoms with Crippen LogP contribution < -0.4 is 16.0 Å². The van der Waals surface area contributed by atoms with Crippen LogP contribution in [0.1, 0.15) is 40.5 Å². The molecule has 222 valence electrons. The average Bonchev–Trinajstić information content (AvgIpc) is 3.52. The van der Waals surface area contributed by atoms with E-state index >= 15 is 0 Å². The van der Waals surface area contributed by atoms with Gasteiger partial charge in [0.25, 0.3) is 11.8 Å². The van der Waals surface area contributed by atoms with Crippen LogP contribution in [0.15, 0.2) is 85.1 Å². The van der Waals surface area contributed by atoms with E-state index in [9.17, 15) is 14.7 Å². The number of hydrogen-bond donors (Lipinski definition) is 4. The molecule has 0 radical (unpaired) electrons. The summed E-state index contributed by atoms with van der Waals surface area (Å²) >= 11 is 6.32. The molecule has 4 aromatic rings. The SMILES string of the molecule is C[C@@H](/C=C/CCn1cc(CCO)nn1)[C@]1(O)C(=O)N(Cc2cccc(NC(=O)c3ccc(N)cc3)c2)c2ccc(Cl)cc21. The van der Waals surface area contributed by atoms with Crippen LogP contribution in [0.25, 0.3) is 0 Å². The molecule has 43 heavy (non-hydrogen) atoms. The first-order valence-corrected chi connectivity index (χ1v) is 14.3. The quantitative estimate of drug-likeness (QED) is 0.148. The summed E-state index contributed by atoms with van der Waals surface area (Å²) in [5, 5.41) is 32.4. The van der Waals surface area contributed by atoms with Gasteiger partial charge in [-0.1, -0.05) is 48.0 Å². The summed E-state index contributed by atoms with van der Waals surface area (Å²) in [6, 6.07) is 18.9. The number of aryl methyl sites for hydroxylation is 1. The summed E-state index contributed by atoms with van der Waals surface area (Å²) in [6.07, 6.45) is 6.57. The second kappa shape index (κ2) is 12.8. The van der Waals surface area contributed by atoms with Crippen LogP contribution in [0.4, 0.5) is 17.1 Å². The normalized spacial score (nSPS) is 16.9. The number of fused-ring (bicyclic) bond motifs is 1. The van der Waals surface area contributed by atoms with Crippen molar-refractivity contribution >= 4 is 40.5 Å². The standard InChI is InChI=1S/C32H33ClN6O4/c1-21(5-2-3-15-38-20-27(14-16-40)36-37-38)32(43)28-18-24(33)10-13-29(28)39(31(32)42)19-22-6-4-7-26(17-22)35-30(41)23-8-11-25(34)12-9-23/h2,4-13,17-18,20-21,40,43H,3,14-16,19,34H2,1H3,(H,35,41)/b5-2+/t21-,32+/m0/s1. The van der Waals surface area contributed by atoms with Crippen LogP contribution in [0.5, 0.6) is 0 Å². The Balaban J connectivity index is 1.31. The number of halogens is 1. The Morgan fingerprint density at radius 3 is 2.72 bits per heavy atom. The van der Waals surface area contributed by atoms with Gasteiger partial charge in [0, 0.05) is 59.2 Å². The molecule has 2 atom stereocenters. The summed E-state index contributed by atoms with van der Waals surface area (Å²) < 4.78 is 1.69. The van der Waals surface area contributed by atoms with Gasteiger partial charge in [-0.25, -0.2) is 0 Å². The smallest absolute Gasteiger partial charge is 0.264 e. The lowest BCUT2D eigenvalue weighted by Crippen LogP contribution is -2.44. The molecular formula is C32H33ClN6O4. The first-order valence-electron chi connectivity index (χ1n) is 14.0. The fourth-order valence-electron chi connectivity index (χ4n) is 5.17. The van der Waals surface area contributed by atoms with Crippen LogP contribution in [0.3, 0.4) is 0 Å². The van der Waals surface area contributed by atoms with Gasteiger partial charge in [-0.3, -0.25) is 14.3 Å². The van der Waals surface area contributed by atoms with Gasteiger partial charge in [0.05, 0.1) is 17.9 Å². The first kappa shape index (κ1) is 30.0. The van der Waals surface area contributed by atoms with Crippen molar-refractivity contribution < 1.29 is 19.8 Å². The summed E-state index contributed by atoms with van der Waals surface area (Å²) in [5.41, 5.74) is 8.03. The van der Waals surface area contributed by atoms with Crippen molar-refractivity contribution in [2.45, 2.75) is 38.5 Å². The van der Waals surface area contributed by atoms with E-state index in [1.807, 2.05) is 18.2 Å². The molecule has 1 aromatic heterocycles. The highest BCUT2D eigenvalue weighted by Crippen LogP contribution is 2.46. The largest absolute Gasteiger partial charge is 0.399 e. The Kier molecular flexibility index (Phi) is 8.91. The van der Waals surface area contributed by atoms with Crippen LogP contribution in [-0.2, 0) is 29.9 Å². The zero-order valence-electron chi connectivity index (χ0n) is 23.7. The number of rotatable bonds is 11. The minimum Gasteiger partial charge on any atom is -0.399 e. The Morgan fingerprint density at radius 2 is 1.95 bits per heavy atom. The molecule has 0 bridgehead atoms. The van der Waals surface area contributed by atoms with Gasteiger partial charge < -0.3 is 26.2 Å². The van der Waals surface area contributed by atoms with Gasteiger partial charge in [0.15, 0.2) is 5.60 Å². The third kappa shape index (κ3) is 6.46. The molecule has 1 aliphatic heterocycles. The molecule has 0 spiro atoms. The lowest BCUT2D eigenvalue weighted by molar-refractivity contribution is -0.139. The molecule has 2 amide bonds. The number of benzene rings is 3. The number of aliphatic hydroxyl groups excluding tert-OH is 1. The summed E-state index contributed by atoms with van der Waals surface area (Å²) in [5.74, 6) is -1.30. The Hall–Kier alpha value is -4.51. The Morgan fingerprint density at radius 1 is 1.16 bits per heavy atom. The fraction of sp³-hybridized carbons (Fsp3) is 0.250. The van der Waals surface area contributed by atoms with Gasteiger partial charge >= 0.3 is 0 Å². The van der Waals surface area contributed by atoms with E-state index in [4.69, 9.17) is 22.4 Å². The molecule has 0 saturated heterocycles. The van der Waals surface area contributed by atoms with E-state index in [-0.39, 0.29) is 19.1 Å². The molecule has 0 fully saturated rings. The van der Waals surface area contributed by atoms with Crippen LogP contribution in [0.2, 0.25) is 5.02 Å².